The first-order chi connectivity index (χ1) is 17.8. The smallest absolute Gasteiger partial charge is 0.319 e. The third kappa shape index (κ3) is 3.61. The van der Waals surface area contributed by atoms with Crippen LogP contribution in [-0.2, 0) is 23.2 Å². The fraction of sp³-hybridized carbons (Fsp3) is 0.286. The molecule has 1 aliphatic heterocycles. The van der Waals surface area contributed by atoms with E-state index in [2.05, 4.69) is 22.8 Å². The Morgan fingerprint density at radius 1 is 0.892 bits per heavy atom. The number of hydrogen-bond acceptors (Lipinski definition) is 4. The van der Waals surface area contributed by atoms with Crippen LogP contribution in [-0.4, -0.2) is 27.2 Å². The fourth-order valence-electron chi connectivity index (χ4n) is 5.97. The number of imide groups is 1. The maximum absolute atomic E-state index is 13.0. The van der Waals surface area contributed by atoms with Crippen LogP contribution in [0.2, 0.25) is 0 Å². The molecule has 2 aromatic carbocycles. The molecule has 2 bridgehead atoms. The highest BCUT2D eigenvalue weighted by Gasteiger charge is 2.59. The number of nitrogens with zero attached hydrogens (tertiary/aromatic N) is 3. The third-order valence-electron chi connectivity index (χ3n) is 7.91. The average Bonchev–Trinajstić information content (AvgIpc) is 3.64. The summed E-state index contributed by atoms with van der Waals surface area (Å²) < 4.78 is 3.20. The van der Waals surface area contributed by atoms with Gasteiger partial charge >= 0.3 is 6.03 Å². The number of anilines is 2. The molecule has 4 amide bonds. The second-order valence-corrected chi connectivity index (χ2v) is 9.92. The molecule has 3 aromatic rings. The van der Waals surface area contributed by atoms with Crippen LogP contribution >= 0.6 is 0 Å². The van der Waals surface area contributed by atoms with Gasteiger partial charge in [0.05, 0.1) is 28.9 Å². The van der Waals surface area contributed by atoms with Crippen LogP contribution in [0.3, 0.4) is 0 Å². The van der Waals surface area contributed by atoms with Crippen LogP contribution < -0.4 is 21.1 Å². The van der Waals surface area contributed by atoms with Crippen molar-refractivity contribution in [3.05, 3.63) is 88.4 Å². The molecule has 4 atom stereocenters. The number of allylic oxidation sites excluding steroid dienone is 2. The van der Waals surface area contributed by atoms with E-state index in [4.69, 9.17) is 0 Å². The Hall–Kier alpha value is -4.40. The molecule has 9 nitrogen and oxygen atoms in total. The summed E-state index contributed by atoms with van der Waals surface area (Å²) in [5.41, 5.74) is 2.57. The zero-order chi connectivity index (χ0) is 25.8. The van der Waals surface area contributed by atoms with Crippen LogP contribution in [0.15, 0.2) is 71.5 Å². The first-order valence-corrected chi connectivity index (χ1v) is 12.4. The van der Waals surface area contributed by atoms with Gasteiger partial charge < -0.3 is 10.6 Å². The summed E-state index contributed by atoms with van der Waals surface area (Å²) in [5, 5.41) is 5.44. The first-order valence-electron chi connectivity index (χ1n) is 12.4. The summed E-state index contributed by atoms with van der Waals surface area (Å²) >= 11 is 0. The standard InChI is InChI=1S/C28H27N5O4/c1-16-24(27(36)33(31(16)2)21-6-4-3-5-7-21)30-28(37)29-15-17-8-12-20(13-9-17)32-25(34)22-18-10-11-19(14-18)23(22)26(32)35/h3-13,18-19,22-23H,14-15H2,1-2H3,(H2,29,30,37). The van der Waals surface area contributed by atoms with Gasteiger partial charge in [-0.05, 0) is 55.0 Å². The Bertz CT molecular complexity index is 1470. The number of rotatable bonds is 5. The molecule has 0 spiro atoms. The van der Waals surface area contributed by atoms with E-state index < -0.39 is 6.03 Å². The van der Waals surface area contributed by atoms with Crippen LogP contribution in [0, 0.1) is 30.6 Å². The van der Waals surface area contributed by atoms with Gasteiger partial charge in [-0.1, -0.05) is 42.5 Å². The molecule has 2 heterocycles. The van der Waals surface area contributed by atoms with E-state index in [-0.39, 0.29) is 53.3 Å². The van der Waals surface area contributed by atoms with E-state index in [1.165, 1.54) is 9.58 Å². The number of urea groups is 1. The van der Waals surface area contributed by atoms with Crippen molar-refractivity contribution in [3.63, 3.8) is 0 Å². The van der Waals surface area contributed by atoms with Crippen LogP contribution in [0.4, 0.5) is 16.2 Å². The first kappa shape index (κ1) is 23.0. The molecule has 9 heteroatoms. The number of nitrogens with one attached hydrogen (secondary N) is 2. The maximum Gasteiger partial charge on any atom is 0.319 e. The quantitative estimate of drug-likeness (QED) is 0.417. The SMILES string of the molecule is Cc1c(NC(=O)NCc2ccc(N3C(=O)C4C5C=CC(C5)C4C3=O)cc2)c(=O)n(-c2ccccc2)n1C. The second-order valence-electron chi connectivity index (χ2n) is 9.92. The van der Waals surface area contributed by atoms with Gasteiger partial charge in [0.25, 0.3) is 5.56 Å². The zero-order valence-corrected chi connectivity index (χ0v) is 20.5. The Kier molecular flexibility index (Phi) is 5.36. The van der Waals surface area contributed by atoms with Crippen LogP contribution in [0.25, 0.3) is 5.69 Å². The van der Waals surface area contributed by atoms with Crippen LogP contribution in [0.1, 0.15) is 17.7 Å². The minimum absolute atomic E-state index is 0.114. The van der Waals surface area contributed by atoms with Gasteiger partial charge in [0.2, 0.25) is 11.8 Å². The average molecular weight is 498 g/mol. The minimum Gasteiger partial charge on any atom is -0.334 e. The normalized spacial score (nSPS) is 23.6. The fourth-order valence-corrected chi connectivity index (χ4v) is 5.97. The number of amides is 4. The topological polar surface area (TPSA) is 105 Å². The number of fused-ring (bicyclic) bond motifs is 5. The van der Waals surface area contributed by atoms with E-state index in [9.17, 15) is 19.2 Å². The molecular formula is C28H27N5O4. The van der Waals surface area contributed by atoms with E-state index in [1.807, 2.05) is 30.3 Å². The lowest BCUT2D eigenvalue weighted by atomic mass is 9.85. The van der Waals surface area contributed by atoms with Crippen molar-refractivity contribution < 1.29 is 14.4 Å². The molecular weight excluding hydrogens is 470 g/mol. The van der Waals surface area contributed by atoms with Crippen molar-refractivity contribution in [1.29, 1.82) is 0 Å². The molecule has 2 aliphatic carbocycles. The third-order valence-corrected chi connectivity index (χ3v) is 7.91. The number of para-hydroxylation sites is 1. The molecule has 188 valence electrons. The summed E-state index contributed by atoms with van der Waals surface area (Å²) in [4.78, 5) is 52.9. The van der Waals surface area contributed by atoms with Gasteiger partial charge in [-0.15, -0.1) is 0 Å². The van der Waals surface area contributed by atoms with E-state index in [1.54, 1.807) is 42.9 Å². The molecule has 2 N–H and O–H groups in total. The molecule has 3 aliphatic rings. The second kappa shape index (κ2) is 8.62. The van der Waals surface area contributed by atoms with E-state index in [0.29, 0.717) is 17.1 Å². The summed E-state index contributed by atoms with van der Waals surface area (Å²) in [6.45, 7) is 1.98. The molecule has 6 rings (SSSR count). The number of benzene rings is 2. The van der Waals surface area contributed by atoms with Gasteiger partial charge in [-0.2, -0.15) is 0 Å². The van der Waals surface area contributed by atoms with Gasteiger partial charge in [-0.25, -0.2) is 9.48 Å². The van der Waals surface area contributed by atoms with Gasteiger partial charge in [0, 0.05) is 13.6 Å². The van der Waals surface area contributed by atoms with Crippen molar-refractivity contribution in [1.82, 2.24) is 14.7 Å². The van der Waals surface area contributed by atoms with Crippen LogP contribution in [0.5, 0.6) is 0 Å². The summed E-state index contributed by atoms with van der Waals surface area (Å²) in [7, 11) is 1.76. The molecule has 0 radical (unpaired) electrons. The minimum atomic E-state index is -0.504. The predicted octanol–water partition coefficient (Wildman–Crippen LogP) is 3.12. The van der Waals surface area contributed by atoms with E-state index >= 15 is 0 Å². The molecule has 2 fully saturated rings. The molecule has 1 saturated carbocycles. The molecule has 1 saturated heterocycles. The molecule has 1 aromatic heterocycles. The lowest BCUT2D eigenvalue weighted by molar-refractivity contribution is -0.123. The molecule has 4 unspecified atom stereocenters. The van der Waals surface area contributed by atoms with Crippen molar-refractivity contribution in [2.24, 2.45) is 30.7 Å². The number of aromatic nitrogens is 2. The van der Waals surface area contributed by atoms with Gasteiger partial charge in [-0.3, -0.25) is 24.0 Å². The summed E-state index contributed by atoms with van der Waals surface area (Å²) in [6.07, 6.45) is 5.05. The maximum atomic E-state index is 13.0. The largest absolute Gasteiger partial charge is 0.334 e. The van der Waals surface area contributed by atoms with Gasteiger partial charge in [0.15, 0.2) is 0 Å². The number of hydrogen-bond donors (Lipinski definition) is 2. The van der Waals surface area contributed by atoms with Gasteiger partial charge in [0.1, 0.15) is 5.69 Å². The van der Waals surface area contributed by atoms with E-state index in [0.717, 1.165) is 12.0 Å². The number of carbonyl (C=O) groups is 3. The Morgan fingerprint density at radius 3 is 2.14 bits per heavy atom. The highest BCUT2D eigenvalue weighted by atomic mass is 16.2. The Balaban J connectivity index is 1.11. The summed E-state index contributed by atoms with van der Waals surface area (Å²) in [5.74, 6) is -0.360. The van der Waals surface area contributed by atoms with Crippen molar-refractivity contribution >= 4 is 29.2 Å². The Labute approximate surface area is 213 Å². The highest BCUT2D eigenvalue weighted by molar-refractivity contribution is 6.22. The highest BCUT2D eigenvalue weighted by Crippen LogP contribution is 2.53. The van der Waals surface area contributed by atoms with Crippen molar-refractivity contribution in [2.45, 2.75) is 19.9 Å². The monoisotopic (exact) mass is 497 g/mol. The van der Waals surface area contributed by atoms with Crippen molar-refractivity contribution in [2.75, 3.05) is 10.2 Å². The lowest BCUT2D eigenvalue weighted by Gasteiger charge is -2.17. The predicted molar refractivity (Wildman–Crippen MR) is 138 cm³/mol. The number of carbonyl (C=O) groups excluding carboxylic acids is 3. The van der Waals surface area contributed by atoms with Crippen molar-refractivity contribution in [3.8, 4) is 5.69 Å². The molecule has 37 heavy (non-hydrogen) atoms. The lowest BCUT2D eigenvalue weighted by Crippen LogP contribution is -2.33. The zero-order valence-electron chi connectivity index (χ0n) is 20.5. The summed E-state index contributed by atoms with van der Waals surface area (Å²) in [6, 6.07) is 15.8. The Morgan fingerprint density at radius 2 is 1.51 bits per heavy atom.